The smallest absolute Gasteiger partial charge is 0.0568 e. The molecule has 0 N–H and O–H groups in total. The molecule has 4 aromatic heterocycles. The van der Waals surface area contributed by atoms with Gasteiger partial charge in [-0.15, -0.1) is 0 Å². The number of benzene rings is 14. The molecule has 0 bridgehead atoms. The Hall–Kier alpha value is -10.7. The van der Waals surface area contributed by atoms with Crippen molar-refractivity contribution in [2.75, 3.05) is 0 Å². The Kier molecular flexibility index (Phi) is 39.0. The highest BCUT2D eigenvalue weighted by molar-refractivity contribution is 6.21. The van der Waals surface area contributed by atoms with Crippen molar-refractivity contribution in [3.63, 3.8) is 0 Å². The van der Waals surface area contributed by atoms with Gasteiger partial charge in [-0.1, -0.05) is 395 Å². The first-order valence-corrected chi connectivity index (χ1v) is 40.4. The Labute approximate surface area is 645 Å². The second kappa shape index (κ2) is 47.0. The van der Waals surface area contributed by atoms with Crippen LogP contribution in [-0.2, 0) is 34.6 Å². The monoisotopic (exact) mass is 1420 g/mol. The lowest BCUT2D eigenvalue weighted by Gasteiger charge is -2.06. The Morgan fingerprint density at radius 3 is 0.991 bits per heavy atom. The molecule has 0 fully saturated rings. The Morgan fingerprint density at radius 2 is 0.495 bits per heavy atom. The van der Waals surface area contributed by atoms with Crippen LogP contribution in [0.15, 0.2) is 291 Å². The average molecular weight is 1420 g/mol. The first-order valence-electron chi connectivity index (χ1n) is 40.4. The second-order valence-corrected chi connectivity index (χ2v) is 22.6. The third kappa shape index (κ3) is 19.5. The molecule has 0 amide bonds. The van der Waals surface area contributed by atoms with Gasteiger partial charge in [-0.3, -0.25) is 0 Å². The van der Waals surface area contributed by atoms with Crippen LogP contribution in [0.5, 0.6) is 0 Å². The highest BCUT2D eigenvalue weighted by Crippen LogP contribution is 2.42. The van der Waals surface area contributed by atoms with Crippen LogP contribution < -0.4 is 0 Å². The quantitative estimate of drug-likeness (QED) is 0.144. The number of hydrogen-bond acceptors (Lipinski definition) is 0. The highest BCUT2D eigenvalue weighted by atomic mass is 15.0. The van der Waals surface area contributed by atoms with Gasteiger partial charge >= 0.3 is 0 Å². The Balaban J connectivity index is 0.000000266. The molecule has 0 saturated heterocycles. The van der Waals surface area contributed by atoms with Crippen LogP contribution in [0, 0.1) is 0 Å². The molecule has 107 heavy (non-hydrogen) atoms. The van der Waals surface area contributed by atoms with E-state index < -0.39 is 0 Å². The Morgan fingerprint density at radius 1 is 0.187 bits per heavy atom. The molecule has 0 atom stereocenters. The minimum absolute atomic E-state index is 1.08. The van der Waals surface area contributed by atoms with Crippen LogP contribution in [0.2, 0.25) is 0 Å². The first kappa shape index (κ1) is 88.7. The summed E-state index contributed by atoms with van der Waals surface area (Å²) in [4.78, 5) is 0. The topological polar surface area (TPSA) is 19.7 Å². The number of fused-ring (bicyclic) bond motifs is 22. The predicted molar refractivity (Wildman–Crippen MR) is 491 cm³/mol. The summed E-state index contributed by atoms with van der Waals surface area (Å²) in [5.74, 6) is 0. The van der Waals surface area contributed by atoms with Gasteiger partial charge in [0.1, 0.15) is 0 Å². The number of aromatic nitrogens is 4. The van der Waals surface area contributed by atoms with Crippen molar-refractivity contribution in [3.8, 4) is 11.1 Å². The van der Waals surface area contributed by atoms with E-state index >= 15 is 0 Å². The molecule has 4 heterocycles. The van der Waals surface area contributed by atoms with Crippen LogP contribution >= 0.6 is 0 Å². The van der Waals surface area contributed by atoms with Crippen molar-refractivity contribution in [2.24, 2.45) is 28.2 Å². The van der Waals surface area contributed by atoms with E-state index in [9.17, 15) is 0 Å². The molecule has 0 radical (unpaired) electrons. The maximum absolute atomic E-state index is 2.30. The average Bonchev–Trinajstić information content (AvgIpc) is 1.65. The molecule has 18 aromatic rings. The van der Waals surface area contributed by atoms with Gasteiger partial charge in [0.25, 0.3) is 0 Å². The van der Waals surface area contributed by atoms with E-state index in [2.05, 4.69) is 338 Å². The molecule has 1 aliphatic rings. The molecule has 0 unspecified atom stereocenters. The van der Waals surface area contributed by atoms with Gasteiger partial charge < -0.3 is 18.3 Å². The van der Waals surface area contributed by atoms with Crippen LogP contribution in [0.1, 0.15) is 163 Å². The zero-order valence-electron chi connectivity index (χ0n) is 70.2. The van der Waals surface area contributed by atoms with Crippen molar-refractivity contribution in [2.45, 2.75) is 159 Å². The van der Waals surface area contributed by atoms with E-state index in [1.165, 1.54) is 153 Å². The zero-order chi connectivity index (χ0) is 79.1. The maximum Gasteiger partial charge on any atom is 0.0568 e. The molecule has 0 spiro atoms. The van der Waals surface area contributed by atoms with Gasteiger partial charge in [-0.25, -0.2) is 0 Å². The van der Waals surface area contributed by atoms with Crippen LogP contribution in [-0.4, -0.2) is 18.3 Å². The van der Waals surface area contributed by atoms with Crippen LogP contribution in [0.25, 0.3) is 141 Å². The van der Waals surface area contributed by atoms with Gasteiger partial charge in [0.15, 0.2) is 0 Å². The fraction of sp³-hybridized carbons (Fsp3) is 0.262. The Bertz CT molecular complexity index is 5500. The molecule has 1 aliphatic carbocycles. The van der Waals surface area contributed by atoms with Crippen molar-refractivity contribution in [3.05, 3.63) is 302 Å². The van der Waals surface area contributed by atoms with Crippen molar-refractivity contribution in [1.82, 2.24) is 18.3 Å². The van der Waals surface area contributed by atoms with Gasteiger partial charge in [0.2, 0.25) is 0 Å². The summed E-state index contributed by atoms with van der Waals surface area (Å²) in [6.45, 7) is 44.0. The minimum atomic E-state index is 1.08. The fourth-order valence-electron chi connectivity index (χ4n) is 13.7. The summed E-state index contributed by atoms with van der Waals surface area (Å²) in [6, 6.07) is 104. The number of para-hydroxylation sites is 5. The molecule has 19 rings (SSSR count). The lowest BCUT2D eigenvalue weighted by molar-refractivity contribution is 1.01. The summed E-state index contributed by atoms with van der Waals surface area (Å²) in [5.41, 5.74) is 16.2. The van der Waals surface area contributed by atoms with Gasteiger partial charge in [0.05, 0.1) is 5.52 Å². The summed E-state index contributed by atoms with van der Waals surface area (Å²) in [5, 5.41) is 21.3. The zero-order valence-corrected chi connectivity index (χ0v) is 70.2. The minimum Gasteiger partial charge on any atom is -0.344 e. The summed E-state index contributed by atoms with van der Waals surface area (Å²) >= 11 is 0. The van der Waals surface area contributed by atoms with Crippen molar-refractivity contribution < 1.29 is 0 Å². The van der Waals surface area contributed by atoms with E-state index in [0.29, 0.717) is 0 Å². The molecular formula is C103H128N4. The van der Waals surface area contributed by atoms with Gasteiger partial charge in [-0.2, -0.15) is 0 Å². The van der Waals surface area contributed by atoms with E-state index in [0.717, 1.165) is 6.42 Å². The van der Waals surface area contributed by atoms with E-state index in [4.69, 9.17) is 0 Å². The largest absolute Gasteiger partial charge is 0.344 e. The normalized spacial score (nSPS) is 9.93. The fourth-order valence-corrected chi connectivity index (χ4v) is 13.7. The molecule has 4 heteroatoms. The first-order chi connectivity index (χ1) is 52.9. The predicted octanol–water partition coefficient (Wildman–Crippen LogP) is 32.5. The highest BCUT2D eigenvalue weighted by Gasteiger charge is 2.20. The number of aryl methyl sites for hydroxylation is 4. The number of rotatable bonds is 0. The van der Waals surface area contributed by atoms with E-state index in [1.54, 1.807) is 0 Å². The number of nitrogens with zero attached hydrogens (tertiary/aromatic N) is 4. The molecule has 4 nitrogen and oxygen atoms in total. The van der Waals surface area contributed by atoms with E-state index in [-0.39, 0.29) is 0 Å². The van der Waals surface area contributed by atoms with E-state index in [1.807, 2.05) is 152 Å². The lowest BCUT2D eigenvalue weighted by Crippen LogP contribution is -1.87. The van der Waals surface area contributed by atoms with Gasteiger partial charge in [0, 0.05) is 115 Å². The molecule has 14 aromatic carbocycles. The number of hydrogen-bond donors (Lipinski definition) is 0. The summed E-state index contributed by atoms with van der Waals surface area (Å²) < 4.78 is 9.09. The molecule has 560 valence electrons. The van der Waals surface area contributed by atoms with Crippen molar-refractivity contribution >= 4 is 130 Å². The van der Waals surface area contributed by atoms with Crippen molar-refractivity contribution in [1.29, 1.82) is 0 Å². The lowest BCUT2D eigenvalue weighted by atomic mass is 9.98. The molecule has 0 aliphatic heterocycles. The summed E-state index contributed by atoms with van der Waals surface area (Å²) in [6.07, 6.45) is 1.08. The molecule has 0 saturated carbocycles. The SMILES string of the molecule is CC.CC.CC.CC.CC.CC.CC.CC.CC.CC.CC.Cn1c2ccccc2c2c3ccccc3ccc21.Cn1c2ccccc2c2cc3ccccc3cc21.Cn1c2ccccc2c2ccc3ccccc3c21.Cn1c2ccccc2c2ccccc21.c1ccc2c(c1)Cc1ccc3ccccc3c1-2. The van der Waals surface area contributed by atoms with Crippen LogP contribution in [0.4, 0.5) is 0 Å². The third-order valence-electron chi connectivity index (χ3n) is 17.9. The second-order valence-electron chi connectivity index (χ2n) is 22.6. The summed E-state index contributed by atoms with van der Waals surface area (Å²) in [7, 11) is 8.54. The maximum atomic E-state index is 2.30. The standard InChI is InChI=1S/3C17H13N.C17H12.C13H11N.11C2H6/c1-18-16-9-5-4-8-14(16)15-10-12-6-2-3-7-13(12)11-17(15)18;1-18-16-9-5-4-8-14(16)15-11-10-12-6-2-3-7-13(12)17(15)18;1-18-15-9-5-4-8-14(15)17-13-7-3-2-6-12(13)10-11-16(17)18;1-3-7-15-12(5-1)9-10-14-11-13-6-2-4-8-16(13)17(14)15;1-14-12-8-4-2-6-10(12)11-7-3-5-9-13(11)14;11*1-2/h3*2-11H,1H3;1-10H,11H2;2-9H,1H3;11*1-2H3. The third-order valence-corrected chi connectivity index (χ3v) is 17.9. The van der Waals surface area contributed by atoms with Crippen LogP contribution in [0.3, 0.4) is 0 Å². The molecular weight excluding hydrogens is 1290 g/mol. The van der Waals surface area contributed by atoms with Gasteiger partial charge in [-0.05, 0) is 115 Å².